The Balaban J connectivity index is 1.82. The molecule has 1 atom stereocenters. The van der Waals surface area contributed by atoms with Crippen molar-refractivity contribution in [3.8, 4) is 5.75 Å². The summed E-state index contributed by atoms with van der Waals surface area (Å²) in [5.41, 5.74) is 1.03. The molecule has 1 aromatic heterocycles. The van der Waals surface area contributed by atoms with Gasteiger partial charge in [-0.25, -0.2) is 0 Å². The summed E-state index contributed by atoms with van der Waals surface area (Å²) in [5, 5.41) is 12.0. The predicted octanol–water partition coefficient (Wildman–Crippen LogP) is 2.49. The zero-order valence-corrected chi connectivity index (χ0v) is 11.9. The number of aromatic nitrogens is 2. The van der Waals surface area contributed by atoms with Crippen LogP contribution in [0, 0.1) is 6.92 Å². The van der Waals surface area contributed by atoms with E-state index in [0.717, 1.165) is 29.2 Å². The molecular formula is C14H15N3O2S. The molecule has 0 saturated heterocycles. The average molecular weight is 289 g/mol. The fourth-order valence-corrected chi connectivity index (χ4v) is 2.88. The highest BCUT2D eigenvalue weighted by atomic mass is 32.1. The highest BCUT2D eigenvalue weighted by Gasteiger charge is 2.22. The highest BCUT2D eigenvalue weighted by Crippen LogP contribution is 2.31. The van der Waals surface area contributed by atoms with Crippen LogP contribution in [0.15, 0.2) is 24.3 Å². The van der Waals surface area contributed by atoms with E-state index >= 15 is 0 Å². The Hall–Kier alpha value is -1.95. The van der Waals surface area contributed by atoms with Crippen LogP contribution in [0.5, 0.6) is 5.75 Å². The number of aryl methyl sites for hydroxylation is 1. The molecule has 0 aliphatic carbocycles. The lowest BCUT2D eigenvalue weighted by molar-refractivity contribution is 0.0933. The van der Waals surface area contributed by atoms with Crippen LogP contribution in [0.3, 0.4) is 0 Å². The molecule has 0 spiro atoms. The second-order valence-electron chi connectivity index (χ2n) is 4.68. The first kappa shape index (κ1) is 13.1. The number of amides is 1. The Morgan fingerprint density at radius 2 is 2.25 bits per heavy atom. The SMILES string of the molecule is Cc1nnc(C(=O)NC2CCCOc3ccccc32)s1. The van der Waals surface area contributed by atoms with E-state index in [1.54, 1.807) is 0 Å². The van der Waals surface area contributed by atoms with Gasteiger partial charge in [0, 0.05) is 5.56 Å². The third kappa shape index (κ3) is 2.65. The number of hydrogen-bond acceptors (Lipinski definition) is 5. The van der Waals surface area contributed by atoms with Crippen molar-refractivity contribution >= 4 is 17.2 Å². The standard InChI is InChI=1S/C14H15N3O2S/c1-9-16-17-14(20-9)13(18)15-11-6-4-8-19-12-7-3-2-5-10(11)12/h2-3,5,7,11H,4,6,8H2,1H3,(H,15,18). The van der Waals surface area contributed by atoms with E-state index in [-0.39, 0.29) is 11.9 Å². The fourth-order valence-electron chi connectivity index (χ4n) is 2.28. The Morgan fingerprint density at radius 3 is 3.05 bits per heavy atom. The highest BCUT2D eigenvalue weighted by molar-refractivity contribution is 7.13. The normalized spacial score (nSPS) is 17.8. The van der Waals surface area contributed by atoms with E-state index in [4.69, 9.17) is 4.74 Å². The summed E-state index contributed by atoms with van der Waals surface area (Å²) in [7, 11) is 0. The van der Waals surface area contributed by atoms with Gasteiger partial charge in [-0.2, -0.15) is 0 Å². The largest absolute Gasteiger partial charge is 0.493 e. The smallest absolute Gasteiger partial charge is 0.282 e. The van der Waals surface area contributed by atoms with E-state index in [0.29, 0.717) is 11.6 Å². The maximum absolute atomic E-state index is 12.2. The van der Waals surface area contributed by atoms with Gasteiger partial charge in [-0.05, 0) is 25.8 Å². The zero-order chi connectivity index (χ0) is 13.9. The van der Waals surface area contributed by atoms with E-state index < -0.39 is 0 Å². The fraction of sp³-hybridized carbons (Fsp3) is 0.357. The molecule has 20 heavy (non-hydrogen) atoms. The second-order valence-corrected chi connectivity index (χ2v) is 5.86. The lowest BCUT2D eigenvalue weighted by atomic mass is 10.0. The monoisotopic (exact) mass is 289 g/mol. The Kier molecular flexibility index (Phi) is 3.64. The summed E-state index contributed by atoms with van der Waals surface area (Å²) in [6.45, 7) is 2.52. The summed E-state index contributed by atoms with van der Waals surface area (Å²) >= 11 is 1.31. The molecular weight excluding hydrogens is 274 g/mol. The van der Waals surface area contributed by atoms with E-state index in [9.17, 15) is 4.79 Å². The van der Waals surface area contributed by atoms with Gasteiger partial charge in [0.1, 0.15) is 10.8 Å². The maximum atomic E-state index is 12.2. The van der Waals surface area contributed by atoms with Crippen molar-refractivity contribution in [1.82, 2.24) is 15.5 Å². The molecule has 0 bridgehead atoms. The van der Waals surface area contributed by atoms with Crippen LogP contribution in [0.1, 0.15) is 39.3 Å². The number of para-hydroxylation sites is 1. The first-order valence-corrected chi connectivity index (χ1v) is 7.38. The molecule has 0 saturated carbocycles. The Bertz CT molecular complexity index is 626. The zero-order valence-electron chi connectivity index (χ0n) is 11.1. The van der Waals surface area contributed by atoms with Crippen LogP contribution in [0.25, 0.3) is 0 Å². The van der Waals surface area contributed by atoms with Crippen molar-refractivity contribution in [2.45, 2.75) is 25.8 Å². The molecule has 0 fully saturated rings. The molecule has 6 heteroatoms. The van der Waals surface area contributed by atoms with Crippen molar-refractivity contribution in [3.63, 3.8) is 0 Å². The minimum atomic E-state index is -0.169. The van der Waals surface area contributed by atoms with Crippen LogP contribution in [-0.4, -0.2) is 22.7 Å². The average Bonchev–Trinajstić information content (AvgIpc) is 2.79. The quantitative estimate of drug-likeness (QED) is 0.922. The second kappa shape index (κ2) is 5.58. The number of carbonyl (C=O) groups excluding carboxylic acids is 1. The molecule has 1 amide bonds. The van der Waals surface area contributed by atoms with Gasteiger partial charge in [0.2, 0.25) is 5.01 Å². The predicted molar refractivity (Wildman–Crippen MR) is 76.0 cm³/mol. The van der Waals surface area contributed by atoms with E-state index in [2.05, 4.69) is 15.5 Å². The topological polar surface area (TPSA) is 64.1 Å². The summed E-state index contributed by atoms with van der Waals surface area (Å²) in [6, 6.07) is 7.80. The lowest BCUT2D eigenvalue weighted by Gasteiger charge is -2.17. The minimum absolute atomic E-state index is 0.0367. The van der Waals surface area contributed by atoms with Gasteiger partial charge < -0.3 is 10.1 Å². The number of fused-ring (bicyclic) bond motifs is 1. The van der Waals surface area contributed by atoms with E-state index in [1.807, 2.05) is 31.2 Å². The van der Waals surface area contributed by atoms with Crippen LogP contribution in [-0.2, 0) is 0 Å². The molecule has 1 N–H and O–H groups in total. The van der Waals surface area contributed by atoms with Gasteiger partial charge in [-0.1, -0.05) is 29.5 Å². The molecule has 5 nitrogen and oxygen atoms in total. The van der Waals surface area contributed by atoms with E-state index in [1.165, 1.54) is 11.3 Å². The van der Waals surface area contributed by atoms with Gasteiger partial charge in [-0.15, -0.1) is 10.2 Å². The molecule has 104 valence electrons. The molecule has 1 unspecified atom stereocenters. The third-order valence-electron chi connectivity index (χ3n) is 3.21. The summed E-state index contributed by atoms with van der Waals surface area (Å²) < 4.78 is 5.69. The molecule has 3 rings (SSSR count). The van der Waals surface area contributed by atoms with Gasteiger partial charge in [-0.3, -0.25) is 4.79 Å². The van der Waals surface area contributed by atoms with Gasteiger partial charge in [0.25, 0.3) is 5.91 Å². The summed E-state index contributed by atoms with van der Waals surface area (Å²) in [4.78, 5) is 12.2. The van der Waals surface area contributed by atoms with Crippen LogP contribution in [0.2, 0.25) is 0 Å². The number of nitrogens with zero attached hydrogens (tertiary/aromatic N) is 2. The van der Waals surface area contributed by atoms with Gasteiger partial charge in [0.15, 0.2) is 0 Å². The third-order valence-corrected chi connectivity index (χ3v) is 4.05. The molecule has 1 aromatic carbocycles. The number of ether oxygens (including phenoxy) is 1. The van der Waals surface area contributed by atoms with Gasteiger partial charge >= 0.3 is 0 Å². The minimum Gasteiger partial charge on any atom is -0.493 e. The molecule has 1 aliphatic rings. The van der Waals surface area contributed by atoms with Gasteiger partial charge in [0.05, 0.1) is 12.6 Å². The summed E-state index contributed by atoms with van der Waals surface area (Å²) in [5.74, 6) is 0.682. The van der Waals surface area contributed by atoms with Crippen LogP contribution < -0.4 is 10.1 Å². The molecule has 0 radical (unpaired) electrons. The van der Waals surface area contributed by atoms with Crippen LogP contribution in [0.4, 0.5) is 0 Å². The van der Waals surface area contributed by atoms with Crippen molar-refractivity contribution < 1.29 is 9.53 Å². The van der Waals surface area contributed by atoms with Crippen molar-refractivity contribution in [3.05, 3.63) is 39.8 Å². The van der Waals surface area contributed by atoms with Crippen molar-refractivity contribution in [2.24, 2.45) is 0 Å². The molecule has 1 aliphatic heterocycles. The number of benzene rings is 1. The Labute approximate surface area is 121 Å². The number of carbonyl (C=O) groups is 1. The lowest BCUT2D eigenvalue weighted by Crippen LogP contribution is -2.28. The summed E-state index contributed by atoms with van der Waals surface area (Å²) in [6.07, 6.45) is 1.77. The Morgan fingerprint density at radius 1 is 1.40 bits per heavy atom. The first-order chi connectivity index (χ1) is 9.74. The first-order valence-electron chi connectivity index (χ1n) is 6.57. The van der Waals surface area contributed by atoms with Crippen molar-refractivity contribution in [2.75, 3.05) is 6.61 Å². The number of hydrogen-bond donors (Lipinski definition) is 1. The number of nitrogens with one attached hydrogen (secondary N) is 1. The molecule has 2 heterocycles. The van der Waals surface area contributed by atoms with Crippen molar-refractivity contribution in [1.29, 1.82) is 0 Å². The number of rotatable bonds is 2. The molecule has 2 aromatic rings. The maximum Gasteiger partial charge on any atom is 0.282 e. The van der Waals surface area contributed by atoms with Crippen LogP contribution >= 0.6 is 11.3 Å².